The first-order chi connectivity index (χ1) is 14.6. The van der Waals surface area contributed by atoms with Gasteiger partial charge in [-0.3, -0.25) is 14.4 Å². The van der Waals surface area contributed by atoms with Gasteiger partial charge in [0.1, 0.15) is 0 Å². The highest BCUT2D eigenvalue weighted by Gasteiger charge is 2.33. The molecule has 1 aliphatic carbocycles. The number of hydrogen-bond acceptors (Lipinski definition) is 4. The summed E-state index contributed by atoms with van der Waals surface area (Å²) in [5, 5.41) is 4.78. The zero-order valence-corrected chi connectivity index (χ0v) is 18.3. The molecule has 1 atom stereocenters. The zero-order chi connectivity index (χ0) is 21.1. The maximum absolute atomic E-state index is 13.4. The molecule has 30 heavy (non-hydrogen) atoms. The highest BCUT2D eigenvalue weighted by molar-refractivity contribution is 5.94. The third-order valence-corrected chi connectivity index (χ3v) is 6.51. The Morgan fingerprint density at radius 1 is 1.23 bits per heavy atom. The van der Waals surface area contributed by atoms with Gasteiger partial charge >= 0.3 is 0 Å². The van der Waals surface area contributed by atoms with Crippen LogP contribution in [0.2, 0.25) is 0 Å². The fourth-order valence-corrected chi connectivity index (χ4v) is 4.65. The molecule has 160 valence electrons. The van der Waals surface area contributed by atoms with Gasteiger partial charge in [0.15, 0.2) is 5.69 Å². The molecule has 2 heterocycles. The van der Waals surface area contributed by atoms with E-state index in [9.17, 15) is 4.79 Å². The van der Waals surface area contributed by atoms with E-state index in [0.717, 1.165) is 57.5 Å². The van der Waals surface area contributed by atoms with E-state index in [1.54, 1.807) is 0 Å². The molecule has 0 N–H and O–H groups in total. The van der Waals surface area contributed by atoms with Crippen molar-refractivity contribution in [3.8, 4) is 0 Å². The number of piperazine rings is 1. The summed E-state index contributed by atoms with van der Waals surface area (Å²) in [7, 11) is 4.30. The molecule has 4 rings (SSSR count). The van der Waals surface area contributed by atoms with Crippen LogP contribution >= 0.6 is 0 Å². The molecule has 2 aromatic rings. The minimum Gasteiger partial charge on any atom is -0.335 e. The van der Waals surface area contributed by atoms with Crippen molar-refractivity contribution in [2.24, 2.45) is 0 Å². The van der Waals surface area contributed by atoms with Gasteiger partial charge in [0.2, 0.25) is 0 Å². The highest BCUT2D eigenvalue weighted by Crippen LogP contribution is 2.29. The monoisotopic (exact) mass is 407 g/mol. The Kier molecular flexibility index (Phi) is 6.35. The van der Waals surface area contributed by atoms with E-state index >= 15 is 0 Å². The fourth-order valence-electron chi connectivity index (χ4n) is 4.65. The molecular weight excluding hydrogens is 374 g/mol. The van der Waals surface area contributed by atoms with E-state index in [0.29, 0.717) is 18.3 Å². The molecule has 0 bridgehead atoms. The molecule has 1 unspecified atom stereocenters. The second-order valence-electron chi connectivity index (χ2n) is 8.64. The lowest BCUT2D eigenvalue weighted by Gasteiger charge is -2.33. The number of nitrogens with zero attached hydrogens (tertiary/aromatic N) is 5. The second kappa shape index (κ2) is 9.14. The van der Waals surface area contributed by atoms with Gasteiger partial charge in [-0.2, -0.15) is 5.10 Å². The Bertz CT molecular complexity index is 883. The number of allylic oxidation sites excluding steroid dienone is 1. The van der Waals surface area contributed by atoms with E-state index in [-0.39, 0.29) is 5.91 Å². The molecule has 1 saturated heterocycles. The molecule has 6 heteroatoms. The van der Waals surface area contributed by atoms with Crippen molar-refractivity contribution in [1.82, 2.24) is 24.5 Å². The number of rotatable bonds is 6. The molecule has 1 aromatic heterocycles. The largest absolute Gasteiger partial charge is 0.335 e. The molecule has 1 aliphatic heterocycles. The summed E-state index contributed by atoms with van der Waals surface area (Å²) >= 11 is 0. The van der Waals surface area contributed by atoms with Crippen molar-refractivity contribution in [3.63, 3.8) is 0 Å². The molecule has 1 aromatic carbocycles. The number of hydrogen-bond donors (Lipinski definition) is 0. The summed E-state index contributed by atoms with van der Waals surface area (Å²) in [5.41, 5.74) is 4.35. The van der Waals surface area contributed by atoms with Crippen molar-refractivity contribution >= 4 is 5.91 Å². The molecule has 1 amide bonds. The van der Waals surface area contributed by atoms with Gasteiger partial charge < -0.3 is 9.80 Å². The summed E-state index contributed by atoms with van der Waals surface area (Å²) in [5.74, 6) is 0.0912. The van der Waals surface area contributed by atoms with Crippen molar-refractivity contribution in [3.05, 3.63) is 65.5 Å². The Hall–Kier alpha value is -2.44. The minimum absolute atomic E-state index is 0.0912. The maximum atomic E-state index is 13.4. The molecular formula is C24H33N5O. The number of aromatic nitrogens is 2. The topological polar surface area (TPSA) is 44.6 Å². The molecule has 1 fully saturated rings. The summed E-state index contributed by atoms with van der Waals surface area (Å²) in [6, 6.07) is 11.0. The van der Waals surface area contributed by atoms with Crippen LogP contribution in [0.3, 0.4) is 0 Å². The van der Waals surface area contributed by atoms with Crippen LogP contribution < -0.4 is 0 Å². The van der Waals surface area contributed by atoms with Gasteiger partial charge in [-0.05, 0) is 38.9 Å². The highest BCUT2D eigenvalue weighted by atomic mass is 16.2. The van der Waals surface area contributed by atoms with E-state index in [1.165, 1.54) is 11.3 Å². The third kappa shape index (κ3) is 4.35. The number of fused-ring (bicyclic) bond motifs is 1. The predicted molar refractivity (Wildman–Crippen MR) is 120 cm³/mol. The lowest BCUT2D eigenvalue weighted by molar-refractivity contribution is 0.0655. The van der Waals surface area contributed by atoms with Crippen LogP contribution in [0.4, 0.5) is 0 Å². The van der Waals surface area contributed by atoms with Crippen LogP contribution in [0.5, 0.6) is 0 Å². The fraction of sp³-hybridized carbons (Fsp3) is 0.500. The van der Waals surface area contributed by atoms with Crippen LogP contribution in [-0.2, 0) is 25.9 Å². The summed E-state index contributed by atoms with van der Waals surface area (Å²) < 4.78 is 2.00. The van der Waals surface area contributed by atoms with Crippen LogP contribution in [0, 0.1) is 0 Å². The molecule has 2 aliphatic rings. The Morgan fingerprint density at radius 3 is 2.67 bits per heavy atom. The van der Waals surface area contributed by atoms with Crippen molar-refractivity contribution in [2.75, 3.05) is 40.3 Å². The number of amides is 1. The van der Waals surface area contributed by atoms with E-state index in [4.69, 9.17) is 5.10 Å². The molecule has 6 nitrogen and oxygen atoms in total. The van der Waals surface area contributed by atoms with E-state index < -0.39 is 0 Å². The van der Waals surface area contributed by atoms with Crippen LogP contribution in [0.15, 0.2) is 43.0 Å². The van der Waals surface area contributed by atoms with Gasteiger partial charge in [0.25, 0.3) is 5.91 Å². The first-order valence-electron chi connectivity index (χ1n) is 11.0. The van der Waals surface area contributed by atoms with E-state index in [2.05, 4.69) is 60.8 Å². The normalized spacial score (nSPS) is 19.7. The quantitative estimate of drug-likeness (QED) is 0.690. The average Bonchev–Trinajstić information content (AvgIpc) is 3.12. The summed E-state index contributed by atoms with van der Waals surface area (Å²) in [6.45, 7) is 8.84. The zero-order valence-electron chi connectivity index (χ0n) is 18.3. The molecule has 0 spiro atoms. The standard InChI is InChI=1S/C24H33N5O/c1-4-12-29-22-11-10-20(27(3)18-19-8-6-5-7-9-19)17-21(22)23(25-29)24(30)28-15-13-26(2)14-16-28/h4-9,20H,1,10-18H2,2-3H3. The van der Waals surface area contributed by atoms with Crippen molar-refractivity contribution < 1.29 is 4.79 Å². The van der Waals surface area contributed by atoms with Gasteiger partial charge in [0, 0.05) is 50.0 Å². The van der Waals surface area contributed by atoms with Crippen molar-refractivity contribution in [1.29, 1.82) is 0 Å². The predicted octanol–water partition coefficient (Wildman–Crippen LogP) is 2.45. The first kappa shape index (κ1) is 20.8. The Labute approximate surface area is 179 Å². The van der Waals surface area contributed by atoms with Gasteiger partial charge in [0.05, 0.1) is 6.54 Å². The lowest BCUT2D eigenvalue weighted by Crippen LogP contribution is -2.47. The average molecular weight is 408 g/mol. The minimum atomic E-state index is 0.0912. The van der Waals surface area contributed by atoms with Gasteiger partial charge in [-0.25, -0.2) is 0 Å². The smallest absolute Gasteiger partial charge is 0.274 e. The van der Waals surface area contributed by atoms with Gasteiger partial charge in [-0.1, -0.05) is 36.4 Å². The number of carbonyl (C=O) groups excluding carboxylic acids is 1. The van der Waals surface area contributed by atoms with Crippen LogP contribution in [-0.4, -0.2) is 76.7 Å². The summed E-state index contributed by atoms with van der Waals surface area (Å²) in [4.78, 5) is 20.0. The van der Waals surface area contributed by atoms with E-state index in [1.807, 2.05) is 15.7 Å². The maximum Gasteiger partial charge on any atom is 0.274 e. The van der Waals surface area contributed by atoms with Crippen LogP contribution in [0.1, 0.15) is 33.7 Å². The Morgan fingerprint density at radius 2 is 1.97 bits per heavy atom. The first-order valence-corrected chi connectivity index (χ1v) is 11.0. The molecule has 0 saturated carbocycles. The van der Waals surface area contributed by atoms with Crippen LogP contribution in [0.25, 0.3) is 0 Å². The third-order valence-electron chi connectivity index (χ3n) is 6.51. The Balaban J connectivity index is 1.55. The number of likely N-dealkylation sites (N-methyl/N-ethyl adjacent to an activating group) is 2. The van der Waals surface area contributed by atoms with Gasteiger partial charge in [-0.15, -0.1) is 6.58 Å². The molecule has 0 radical (unpaired) electrons. The second-order valence-corrected chi connectivity index (χ2v) is 8.64. The summed E-state index contributed by atoms with van der Waals surface area (Å²) in [6.07, 6.45) is 4.78. The number of carbonyl (C=O) groups is 1. The van der Waals surface area contributed by atoms with Crippen molar-refractivity contribution in [2.45, 2.75) is 38.4 Å². The lowest BCUT2D eigenvalue weighted by atomic mass is 9.90. The SMILES string of the molecule is C=CCn1nc(C(=O)N2CCN(C)CC2)c2c1CCC(N(C)Cc1ccccc1)C2. The number of benzene rings is 1.